The van der Waals surface area contributed by atoms with Gasteiger partial charge in [0.15, 0.2) is 0 Å². The topological polar surface area (TPSA) is 3.24 Å². The van der Waals surface area contributed by atoms with Crippen LogP contribution < -0.4 is 0 Å². The number of allylic oxidation sites excluding steroid dienone is 3. The fourth-order valence-electron chi connectivity index (χ4n) is 1.66. The lowest BCUT2D eigenvalue weighted by Crippen LogP contribution is -2.27. The Bertz CT molecular complexity index is 226. The summed E-state index contributed by atoms with van der Waals surface area (Å²) in [7, 11) is 0. The molecular formula is C15H27N. The summed E-state index contributed by atoms with van der Waals surface area (Å²) >= 11 is 0. The summed E-state index contributed by atoms with van der Waals surface area (Å²) in [5.74, 6) is 0. The maximum atomic E-state index is 3.70. The van der Waals surface area contributed by atoms with Crippen LogP contribution in [0.15, 0.2) is 36.5 Å². The van der Waals surface area contributed by atoms with Crippen LogP contribution in [0.2, 0.25) is 0 Å². The molecule has 0 heterocycles. The summed E-state index contributed by atoms with van der Waals surface area (Å²) in [6.45, 7) is 13.8. The minimum absolute atomic E-state index is 1.06. The van der Waals surface area contributed by atoms with E-state index >= 15 is 0 Å². The van der Waals surface area contributed by atoms with Crippen LogP contribution in [0.25, 0.3) is 0 Å². The molecule has 0 spiro atoms. The molecule has 0 saturated carbocycles. The number of unbranched alkanes of at least 4 members (excludes halogenated alkanes) is 1. The first-order chi connectivity index (χ1) is 7.78. The average Bonchev–Trinajstić information content (AvgIpc) is 2.31. The summed E-state index contributed by atoms with van der Waals surface area (Å²) in [4.78, 5) is 2.53. The monoisotopic (exact) mass is 221 g/mol. The van der Waals surface area contributed by atoms with E-state index in [1.807, 2.05) is 12.2 Å². The molecule has 0 radical (unpaired) electrons. The van der Waals surface area contributed by atoms with Gasteiger partial charge in [0.2, 0.25) is 0 Å². The third kappa shape index (κ3) is 7.47. The first kappa shape index (κ1) is 15.2. The van der Waals surface area contributed by atoms with Crippen LogP contribution in [0, 0.1) is 0 Å². The van der Waals surface area contributed by atoms with Crippen molar-refractivity contribution in [1.29, 1.82) is 0 Å². The molecule has 16 heavy (non-hydrogen) atoms. The molecule has 0 aliphatic heterocycles. The molecule has 0 saturated heterocycles. The number of hydrogen-bond donors (Lipinski definition) is 0. The van der Waals surface area contributed by atoms with Crippen molar-refractivity contribution in [2.75, 3.05) is 19.6 Å². The second-order valence-corrected chi connectivity index (χ2v) is 4.09. The Morgan fingerprint density at radius 3 is 2.44 bits per heavy atom. The molecule has 0 amide bonds. The van der Waals surface area contributed by atoms with Crippen molar-refractivity contribution in [2.45, 2.75) is 40.0 Å². The van der Waals surface area contributed by atoms with Gasteiger partial charge in [0.1, 0.15) is 0 Å². The highest BCUT2D eigenvalue weighted by molar-refractivity contribution is 5.22. The molecule has 0 atom stereocenters. The van der Waals surface area contributed by atoms with Gasteiger partial charge < -0.3 is 0 Å². The molecule has 0 rings (SSSR count). The quantitative estimate of drug-likeness (QED) is 0.528. The maximum absolute atomic E-state index is 3.70. The standard InChI is InChI=1S/C15H27N/c1-5-9-11-15(8-4)14-16(12-7-3)13-10-6-2/h5,8-9,11H,1,6-7,10,12-14H2,2-4H3/b11-9-,15-8+. The maximum Gasteiger partial charge on any atom is 0.0230 e. The van der Waals surface area contributed by atoms with Crippen LogP contribution in [-0.2, 0) is 0 Å². The Morgan fingerprint density at radius 2 is 1.94 bits per heavy atom. The van der Waals surface area contributed by atoms with Crippen LogP contribution in [-0.4, -0.2) is 24.5 Å². The minimum atomic E-state index is 1.06. The van der Waals surface area contributed by atoms with E-state index in [-0.39, 0.29) is 0 Å². The van der Waals surface area contributed by atoms with Crippen molar-refractivity contribution < 1.29 is 0 Å². The van der Waals surface area contributed by atoms with Gasteiger partial charge in [-0.3, -0.25) is 4.90 Å². The minimum Gasteiger partial charge on any atom is -0.299 e. The van der Waals surface area contributed by atoms with Crippen molar-refractivity contribution in [3.05, 3.63) is 36.5 Å². The van der Waals surface area contributed by atoms with Gasteiger partial charge in [0, 0.05) is 6.54 Å². The van der Waals surface area contributed by atoms with Gasteiger partial charge in [0.05, 0.1) is 0 Å². The van der Waals surface area contributed by atoms with Crippen molar-refractivity contribution in [2.24, 2.45) is 0 Å². The zero-order chi connectivity index (χ0) is 12.2. The SMILES string of the molecule is C=C/C=C\C(=C/C)CN(CCC)CCCC. The van der Waals surface area contributed by atoms with E-state index in [0.29, 0.717) is 0 Å². The van der Waals surface area contributed by atoms with E-state index in [1.54, 1.807) is 0 Å². The Kier molecular flexibility index (Phi) is 10.1. The molecule has 0 aliphatic carbocycles. The second-order valence-electron chi connectivity index (χ2n) is 4.09. The lowest BCUT2D eigenvalue weighted by molar-refractivity contribution is 0.293. The average molecular weight is 221 g/mol. The van der Waals surface area contributed by atoms with E-state index < -0.39 is 0 Å². The first-order valence-corrected chi connectivity index (χ1v) is 6.45. The molecule has 1 heteroatoms. The third-order valence-electron chi connectivity index (χ3n) is 2.59. The third-order valence-corrected chi connectivity index (χ3v) is 2.59. The lowest BCUT2D eigenvalue weighted by atomic mass is 10.2. The number of rotatable bonds is 9. The van der Waals surface area contributed by atoms with Crippen molar-refractivity contribution in [3.63, 3.8) is 0 Å². The molecular weight excluding hydrogens is 194 g/mol. The second kappa shape index (κ2) is 10.7. The zero-order valence-electron chi connectivity index (χ0n) is 11.2. The Morgan fingerprint density at radius 1 is 1.19 bits per heavy atom. The Labute approximate surface area is 102 Å². The van der Waals surface area contributed by atoms with E-state index in [9.17, 15) is 0 Å². The van der Waals surface area contributed by atoms with Crippen LogP contribution in [0.1, 0.15) is 40.0 Å². The van der Waals surface area contributed by atoms with E-state index in [0.717, 1.165) is 6.54 Å². The van der Waals surface area contributed by atoms with Gasteiger partial charge in [0.25, 0.3) is 0 Å². The highest BCUT2D eigenvalue weighted by atomic mass is 15.1. The molecule has 1 nitrogen and oxygen atoms in total. The van der Waals surface area contributed by atoms with Gasteiger partial charge in [-0.25, -0.2) is 0 Å². The highest BCUT2D eigenvalue weighted by Crippen LogP contribution is 2.04. The van der Waals surface area contributed by atoms with Gasteiger partial charge in [-0.05, 0) is 38.4 Å². The van der Waals surface area contributed by atoms with Crippen LogP contribution in [0.3, 0.4) is 0 Å². The largest absolute Gasteiger partial charge is 0.299 e. The van der Waals surface area contributed by atoms with Crippen molar-refractivity contribution in [1.82, 2.24) is 4.90 Å². The van der Waals surface area contributed by atoms with Crippen molar-refractivity contribution in [3.8, 4) is 0 Å². The van der Waals surface area contributed by atoms with Crippen molar-refractivity contribution >= 4 is 0 Å². The van der Waals surface area contributed by atoms with Gasteiger partial charge in [-0.15, -0.1) is 0 Å². The molecule has 0 N–H and O–H groups in total. The van der Waals surface area contributed by atoms with E-state index in [4.69, 9.17) is 0 Å². The summed E-state index contributed by atoms with van der Waals surface area (Å²) in [5, 5.41) is 0. The fraction of sp³-hybridized carbons (Fsp3) is 0.600. The summed E-state index contributed by atoms with van der Waals surface area (Å²) in [5.41, 5.74) is 1.38. The molecule has 0 fully saturated rings. The molecule has 0 aromatic rings. The predicted octanol–water partition coefficient (Wildman–Crippen LogP) is 4.19. The summed E-state index contributed by atoms with van der Waals surface area (Å²) in [6.07, 6.45) is 12.0. The smallest absolute Gasteiger partial charge is 0.0230 e. The lowest BCUT2D eigenvalue weighted by Gasteiger charge is -2.21. The van der Waals surface area contributed by atoms with E-state index in [1.165, 1.54) is 37.9 Å². The van der Waals surface area contributed by atoms with Gasteiger partial charge in [-0.1, -0.05) is 51.2 Å². The number of nitrogens with zero attached hydrogens (tertiary/aromatic N) is 1. The van der Waals surface area contributed by atoms with Crippen LogP contribution in [0.5, 0.6) is 0 Å². The molecule has 0 unspecified atom stereocenters. The molecule has 0 aromatic heterocycles. The summed E-state index contributed by atoms with van der Waals surface area (Å²) in [6, 6.07) is 0. The number of hydrogen-bond acceptors (Lipinski definition) is 1. The summed E-state index contributed by atoms with van der Waals surface area (Å²) < 4.78 is 0. The molecule has 0 aromatic carbocycles. The normalized spacial score (nSPS) is 12.6. The first-order valence-electron chi connectivity index (χ1n) is 6.45. The predicted molar refractivity (Wildman–Crippen MR) is 74.7 cm³/mol. The zero-order valence-corrected chi connectivity index (χ0v) is 11.2. The van der Waals surface area contributed by atoms with E-state index in [2.05, 4.69) is 44.4 Å². The van der Waals surface area contributed by atoms with Gasteiger partial charge in [-0.2, -0.15) is 0 Å². The Balaban J connectivity index is 4.22. The Hall–Kier alpha value is -0.820. The molecule has 92 valence electrons. The highest BCUT2D eigenvalue weighted by Gasteiger charge is 2.03. The molecule has 0 aliphatic rings. The fourth-order valence-corrected chi connectivity index (χ4v) is 1.66. The van der Waals surface area contributed by atoms with Crippen LogP contribution in [0.4, 0.5) is 0 Å². The van der Waals surface area contributed by atoms with Crippen LogP contribution >= 0.6 is 0 Å². The van der Waals surface area contributed by atoms with Gasteiger partial charge >= 0.3 is 0 Å². The molecule has 0 bridgehead atoms.